The predicted octanol–water partition coefficient (Wildman–Crippen LogP) is 2.59. The molecule has 0 saturated carbocycles. The lowest BCUT2D eigenvalue weighted by Gasteiger charge is -2.04. The Hall–Kier alpha value is -2.23. The van der Waals surface area contributed by atoms with Crippen molar-refractivity contribution in [3.05, 3.63) is 42.4 Å². The Morgan fingerprint density at radius 1 is 1.22 bits per heavy atom. The zero-order valence-electron chi connectivity index (χ0n) is 10.5. The van der Waals surface area contributed by atoms with Gasteiger partial charge in [-0.15, -0.1) is 0 Å². The molecule has 0 amide bonds. The molecule has 0 spiro atoms. The molecular weight excluding hydrogens is 224 g/mol. The molecule has 0 N–H and O–H groups in total. The fraction of sp³-hybridized carbons (Fsp3) is 0.214. The van der Waals surface area contributed by atoms with E-state index in [-0.39, 0.29) is 0 Å². The highest BCUT2D eigenvalue weighted by atomic mass is 15.2. The summed E-state index contributed by atoms with van der Waals surface area (Å²) < 4.78 is 1.76. The molecule has 2 aromatic heterocycles. The second-order valence-electron chi connectivity index (χ2n) is 4.30. The van der Waals surface area contributed by atoms with Crippen LogP contribution >= 0.6 is 0 Å². The average Bonchev–Trinajstić information content (AvgIpc) is 2.84. The normalized spacial score (nSPS) is 11.0. The van der Waals surface area contributed by atoms with Gasteiger partial charge in [-0.1, -0.05) is 19.1 Å². The Labute approximate surface area is 105 Å². The standard InChI is InChI=1S/C14H14N4/c1-3-10-5-4-6-13-12(10)8-15-14(17-13)11-7-16-18(2)9-11/h4-9H,3H2,1-2H3. The van der Waals surface area contributed by atoms with E-state index in [1.54, 1.807) is 10.9 Å². The fourth-order valence-corrected chi connectivity index (χ4v) is 2.10. The molecule has 90 valence electrons. The maximum Gasteiger partial charge on any atom is 0.162 e. The fourth-order valence-electron chi connectivity index (χ4n) is 2.10. The minimum absolute atomic E-state index is 0.726. The molecule has 0 aliphatic rings. The van der Waals surface area contributed by atoms with Gasteiger partial charge in [0.05, 0.1) is 17.3 Å². The molecule has 0 bridgehead atoms. The van der Waals surface area contributed by atoms with Crippen LogP contribution in [0.3, 0.4) is 0 Å². The quantitative estimate of drug-likeness (QED) is 0.689. The summed E-state index contributed by atoms with van der Waals surface area (Å²) in [6, 6.07) is 6.19. The molecular formula is C14H14N4. The molecule has 4 heteroatoms. The van der Waals surface area contributed by atoms with Crippen molar-refractivity contribution in [3.8, 4) is 11.4 Å². The number of nitrogens with zero attached hydrogens (tertiary/aromatic N) is 4. The molecule has 18 heavy (non-hydrogen) atoms. The van der Waals surface area contributed by atoms with Crippen molar-refractivity contribution in [2.24, 2.45) is 7.05 Å². The van der Waals surface area contributed by atoms with Gasteiger partial charge in [0.2, 0.25) is 0 Å². The first-order valence-electron chi connectivity index (χ1n) is 6.01. The lowest BCUT2D eigenvalue weighted by molar-refractivity contribution is 0.768. The average molecular weight is 238 g/mol. The van der Waals surface area contributed by atoms with Crippen molar-refractivity contribution < 1.29 is 0 Å². The summed E-state index contributed by atoms with van der Waals surface area (Å²) in [5, 5.41) is 5.28. The summed E-state index contributed by atoms with van der Waals surface area (Å²) in [5.74, 6) is 0.726. The number of benzene rings is 1. The van der Waals surface area contributed by atoms with Gasteiger partial charge in [-0.2, -0.15) is 5.10 Å². The summed E-state index contributed by atoms with van der Waals surface area (Å²) >= 11 is 0. The van der Waals surface area contributed by atoms with Gasteiger partial charge in [0.1, 0.15) is 0 Å². The number of rotatable bonds is 2. The minimum Gasteiger partial charge on any atom is -0.275 e. The van der Waals surface area contributed by atoms with Crippen LogP contribution in [0.1, 0.15) is 12.5 Å². The van der Waals surface area contributed by atoms with Gasteiger partial charge in [0, 0.05) is 24.8 Å². The van der Waals surface area contributed by atoms with E-state index in [2.05, 4.69) is 28.1 Å². The highest BCUT2D eigenvalue weighted by Gasteiger charge is 2.06. The highest BCUT2D eigenvalue weighted by molar-refractivity contribution is 5.82. The van der Waals surface area contributed by atoms with Gasteiger partial charge < -0.3 is 0 Å². The smallest absolute Gasteiger partial charge is 0.162 e. The van der Waals surface area contributed by atoms with E-state index in [1.165, 1.54) is 5.56 Å². The minimum atomic E-state index is 0.726. The van der Waals surface area contributed by atoms with Gasteiger partial charge >= 0.3 is 0 Å². The topological polar surface area (TPSA) is 43.6 Å². The van der Waals surface area contributed by atoms with Crippen molar-refractivity contribution in [1.82, 2.24) is 19.7 Å². The lowest BCUT2D eigenvalue weighted by Crippen LogP contribution is -1.92. The first-order chi connectivity index (χ1) is 8.78. The van der Waals surface area contributed by atoms with Crippen molar-refractivity contribution in [2.75, 3.05) is 0 Å². The highest BCUT2D eigenvalue weighted by Crippen LogP contribution is 2.20. The van der Waals surface area contributed by atoms with Crippen LogP contribution in [0.5, 0.6) is 0 Å². The zero-order chi connectivity index (χ0) is 12.5. The first-order valence-corrected chi connectivity index (χ1v) is 6.01. The van der Waals surface area contributed by atoms with Crippen LogP contribution < -0.4 is 0 Å². The maximum absolute atomic E-state index is 4.60. The summed E-state index contributed by atoms with van der Waals surface area (Å²) in [6.45, 7) is 2.14. The molecule has 3 aromatic rings. The molecule has 0 aliphatic heterocycles. The monoisotopic (exact) mass is 238 g/mol. The van der Waals surface area contributed by atoms with E-state index in [0.29, 0.717) is 0 Å². The number of fused-ring (bicyclic) bond motifs is 1. The number of hydrogen-bond donors (Lipinski definition) is 0. The third-order valence-electron chi connectivity index (χ3n) is 3.06. The third kappa shape index (κ3) is 1.76. The lowest BCUT2D eigenvalue weighted by atomic mass is 10.1. The van der Waals surface area contributed by atoms with Crippen molar-refractivity contribution in [1.29, 1.82) is 0 Å². The van der Waals surface area contributed by atoms with E-state index < -0.39 is 0 Å². The molecule has 1 aromatic carbocycles. The van der Waals surface area contributed by atoms with E-state index in [9.17, 15) is 0 Å². The van der Waals surface area contributed by atoms with Crippen LogP contribution in [0.4, 0.5) is 0 Å². The molecule has 0 radical (unpaired) electrons. The summed E-state index contributed by atoms with van der Waals surface area (Å²) in [4.78, 5) is 9.04. The van der Waals surface area contributed by atoms with Crippen LogP contribution in [0.2, 0.25) is 0 Å². The molecule has 0 atom stereocenters. The zero-order valence-corrected chi connectivity index (χ0v) is 10.5. The van der Waals surface area contributed by atoms with Gasteiger partial charge in [-0.3, -0.25) is 4.68 Å². The molecule has 4 nitrogen and oxygen atoms in total. The van der Waals surface area contributed by atoms with Gasteiger partial charge in [0.15, 0.2) is 5.82 Å². The molecule has 0 aliphatic carbocycles. The Morgan fingerprint density at radius 2 is 2.11 bits per heavy atom. The van der Waals surface area contributed by atoms with Crippen molar-refractivity contribution in [3.63, 3.8) is 0 Å². The second-order valence-corrected chi connectivity index (χ2v) is 4.30. The van der Waals surface area contributed by atoms with E-state index in [4.69, 9.17) is 0 Å². The largest absolute Gasteiger partial charge is 0.275 e. The van der Waals surface area contributed by atoms with Gasteiger partial charge in [0.25, 0.3) is 0 Å². The van der Waals surface area contributed by atoms with Crippen LogP contribution in [-0.4, -0.2) is 19.7 Å². The van der Waals surface area contributed by atoms with Crippen LogP contribution in [-0.2, 0) is 13.5 Å². The second kappa shape index (κ2) is 4.22. The third-order valence-corrected chi connectivity index (χ3v) is 3.06. The van der Waals surface area contributed by atoms with Crippen LogP contribution in [0, 0.1) is 0 Å². The maximum atomic E-state index is 4.60. The SMILES string of the molecule is CCc1cccc2nc(-c3cnn(C)c3)ncc12. The van der Waals surface area contributed by atoms with Crippen molar-refractivity contribution >= 4 is 10.9 Å². The number of aryl methyl sites for hydroxylation is 2. The summed E-state index contributed by atoms with van der Waals surface area (Å²) in [6.07, 6.45) is 6.60. The van der Waals surface area contributed by atoms with Gasteiger partial charge in [-0.05, 0) is 18.1 Å². The Balaban J connectivity index is 2.17. The summed E-state index contributed by atoms with van der Waals surface area (Å²) in [5.41, 5.74) is 3.22. The van der Waals surface area contributed by atoms with Crippen LogP contribution in [0.25, 0.3) is 22.3 Å². The van der Waals surface area contributed by atoms with E-state index in [0.717, 1.165) is 28.7 Å². The predicted molar refractivity (Wildman–Crippen MR) is 71.1 cm³/mol. The van der Waals surface area contributed by atoms with Crippen molar-refractivity contribution in [2.45, 2.75) is 13.3 Å². The summed E-state index contributed by atoms with van der Waals surface area (Å²) in [7, 11) is 1.89. The molecule has 3 rings (SSSR count). The molecule has 0 saturated heterocycles. The van der Waals surface area contributed by atoms with E-state index in [1.807, 2.05) is 31.6 Å². The Bertz CT molecular complexity index is 700. The van der Waals surface area contributed by atoms with Crippen LogP contribution in [0.15, 0.2) is 36.8 Å². The van der Waals surface area contributed by atoms with E-state index >= 15 is 0 Å². The van der Waals surface area contributed by atoms with Gasteiger partial charge in [-0.25, -0.2) is 9.97 Å². The molecule has 2 heterocycles. The number of hydrogen-bond acceptors (Lipinski definition) is 3. The Morgan fingerprint density at radius 3 is 2.83 bits per heavy atom. The number of aromatic nitrogens is 4. The molecule has 0 unspecified atom stereocenters. The Kier molecular flexibility index (Phi) is 2.55. The first kappa shape index (κ1) is 10.9. The molecule has 0 fully saturated rings.